The molecular weight excluding hydrogens is 274 g/mol. The maximum Gasteiger partial charge on any atom is 0.161 e. The molecule has 0 saturated carbocycles. The molecule has 0 bridgehead atoms. The van der Waals surface area contributed by atoms with Crippen molar-refractivity contribution in [3.05, 3.63) is 59.2 Å². The van der Waals surface area contributed by atoms with Crippen molar-refractivity contribution in [2.75, 3.05) is 27.7 Å². The number of ether oxygens (including phenoxy) is 2. The van der Waals surface area contributed by atoms with Crippen LogP contribution in [-0.2, 0) is 19.6 Å². The van der Waals surface area contributed by atoms with Gasteiger partial charge in [0.1, 0.15) is 13.2 Å². The molecule has 2 aromatic rings. The summed E-state index contributed by atoms with van der Waals surface area (Å²) in [7, 11) is 6.25. The van der Waals surface area contributed by atoms with E-state index < -0.39 is 0 Å². The number of likely N-dealkylation sites (N-methyl/N-ethyl adjacent to an activating group) is 1. The van der Waals surface area contributed by atoms with Crippen LogP contribution in [0.15, 0.2) is 42.5 Å². The van der Waals surface area contributed by atoms with Crippen molar-refractivity contribution in [2.45, 2.75) is 19.6 Å². The van der Waals surface area contributed by atoms with Gasteiger partial charge >= 0.3 is 0 Å². The highest BCUT2D eigenvalue weighted by Gasteiger charge is 2.25. The van der Waals surface area contributed by atoms with Gasteiger partial charge in [0, 0.05) is 12.0 Å². The molecule has 0 atom stereocenters. The fourth-order valence-electron chi connectivity index (χ4n) is 3.00. The Kier molecular flexibility index (Phi) is 4.08. The number of nitrogens with zero attached hydrogens (tertiary/aromatic N) is 1. The molecule has 3 heteroatoms. The van der Waals surface area contributed by atoms with Crippen LogP contribution < -0.4 is 9.47 Å². The molecule has 1 aliphatic rings. The zero-order valence-electron chi connectivity index (χ0n) is 13.6. The predicted molar refractivity (Wildman–Crippen MR) is 88.2 cm³/mol. The molecule has 0 spiro atoms. The minimum Gasteiger partial charge on any atom is -0.493 e. The van der Waals surface area contributed by atoms with Crippen molar-refractivity contribution in [3.8, 4) is 11.5 Å². The van der Waals surface area contributed by atoms with E-state index in [0.717, 1.165) is 35.5 Å². The molecule has 3 nitrogen and oxygen atoms in total. The van der Waals surface area contributed by atoms with Crippen molar-refractivity contribution >= 4 is 0 Å². The Labute approximate surface area is 132 Å². The van der Waals surface area contributed by atoms with Crippen LogP contribution in [-0.4, -0.2) is 32.2 Å². The van der Waals surface area contributed by atoms with Crippen molar-refractivity contribution in [2.24, 2.45) is 0 Å². The molecule has 0 aliphatic carbocycles. The molecule has 1 heterocycles. The lowest BCUT2D eigenvalue weighted by Gasteiger charge is -2.35. The predicted octanol–water partition coefficient (Wildman–Crippen LogP) is 3.41. The summed E-state index contributed by atoms with van der Waals surface area (Å²) in [4.78, 5) is 0. The molecule has 0 fully saturated rings. The summed E-state index contributed by atoms with van der Waals surface area (Å²) in [5.41, 5.74) is 3.93. The third kappa shape index (κ3) is 3.25. The second-order valence-corrected chi connectivity index (χ2v) is 6.61. The lowest BCUT2D eigenvalue weighted by molar-refractivity contribution is -0.905. The smallest absolute Gasteiger partial charge is 0.161 e. The SMILES string of the molecule is COc1cc2c(cc1OCc1ccccc1)CC[N+](C)(C)C2. The molecule has 2 aromatic carbocycles. The van der Waals surface area contributed by atoms with Gasteiger partial charge in [-0.15, -0.1) is 0 Å². The summed E-state index contributed by atoms with van der Waals surface area (Å²) in [6.45, 7) is 2.78. The van der Waals surface area contributed by atoms with E-state index in [1.54, 1.807) is 7.11 Å². The standard InChI is InChI=1S/C19H24NO2/c1-20(2)10-9-16-11-19(18(21-3)12-17(16)13-20)22-14-15-7-5-4-6-8-15/h4-8,11-12H,9-10,13-14H2,1-3H3/q+1. The van der Waals surface area contributed by atoms with Crippen molar-refractivity contribution in [3.63, 3.8) is 0 Å². The Bertz CT molecular complexity index is 650. The number of methoxy groups -OCH3 is 1. The molecule has 22 heavy (non-hydrogen) atoms. The summed E-state index contributed by atoms with van der Waals surface area (Å²) >= 11 is 0. The van der Waals surface area contributed by atoms with Gasteiger partial charge in [0.25, 0.3) is 0 Å². The lowest BCUT2D eigenvalue weighted by Crippen LogP contribution is -2.43. The fraction of sp³-hybridized carbons (Fsp3) is 0.368. The average Bonchev–Trinajstić information content (AvgIpc) is 2.52. The highest BCUT2D eigenvalue weighted by Crippen LogP contribution is 2.34. The molecule has 0 aromatic heterocycles. The van der Waals surface area contributed by atoms with Gasteiger partial charge in [0.2, 0.25) is 0 Å². The number of benzene rings is 2. The molecule has 3 rings (SSSR count). The number of hydrogen-bond donors (Lipinski definition) is 0. The number of fused-ring (bicyclic) bond motifs is 1. The summed E-state index contributed by atoms with van der Waals surface area (Å²) < 4.78 is 12.6. The Morgan fingerprint density at radius 3 is 2.45 bits per heavy atom. The first kappa shape index (κ1) is 14.9. The molecule has 0 amide bonds. The van der Waals surface area contributed by atoms with Crippen LogP contribution in [0, 0.1) is 0 Å². The second-order valence-electron chi connectivity index (χ2n) is 6.61. The average molecular weight is 298 g/mol. The van der Waals surface area contributed by atoms with Crippen LogP contribution in [0.4, 0.5) is 0 Å². The molecule has 0 unspecified atom stereocenters. The maximum absolute atomic E-state index is 6.00. The summed E-state index contributed by atoms with van der Waals surface area (Å²) in [5.74, 6) is 1.67. The van der Waals surface area contributed by atoms with Gasteiger partial charge in [0.15, 0.2) is 11.5 Å². The quantitative estimate of drug-likeness (QED) is 0.805. The van der Waals surface area contributed by atoms with E-state index in [-0.39, 0.29) is 0 Å². The first-order valence-electron chi connectivity index (χ1n) is 7.76. The first-order chi connectivity index (χ1) is 10.6. The molecular formula is C19H24NO2+. The molecule has 116 valence electrons. The summed E-state index contributed by atoms with van der Waals surface area (Å²) in [5, 5.41) is 0. The minimum atomic E-state index is 0.567. The number of rotatable bonds is 4. The van der Waals surface area contributed by atoms with E-state index in [2.05, 4.69) is 38.4 Å². The van der Waals surface area contributed by atoms with E-state index in [1.807, 2.05) is 18.2 Å². The zero-order valence-corrected chi connectivity index (χ0v) is 13.6. The lowest BCUT2D eigenvalue weighted by atomic mass is 9.98. The van der Waals surface area contributed by atoms with Crippen LogP contribution in [0.1, 0.15) is 16.7 Å². The monoisotopic (exact) mass is 298 g/mol. The highest BCUT2D eigenvalue weighted by molar-refractivity contribution is 5.48. The topological polar surface area (TPSA) is 18.5 Å². The Balaban J connectivity index is 1.82. The van der Waals surface area contributed by atoms with E-state index >= 15 is 0 Å². The van der Waals surface area contributed by atoms with Gasteiger partial charge < -0.3 is 14.0 Å². The summed E-state index contributed by atoms with van der Waals surface area (Å²) in [6.07, 6.45) is 1.09. The van der Waals surface area contributed by atoms with Gasteiger partial charge in [-0.25, -0.2) is 0 Å². The highest BCUT2D eigenvalue weighted by atomic mass is 16.5. The van der Waals surface area contributed by atoms with Crippen molar-refractivity contribution in [1.29, 1.82) is 0 Å². The van der Waals surface area contributed by atoms with Crippen LogP contribution in [0.25, 0.3) is 0 Å². The van der Waals surface area contributed by atoms with Crippen LogP contribution in [0.2, 0.25) is 0 Å². The normalized spacial score (nSPS) is 16.0. The maximum atomic E-state index is 6.00. The number of quaternary nitrogens is 1. The summed E-state index contributed by atoms with van der Waals surface area (Å²) in [6, 6.07) is 14.5. The van der Waals surface area contributed by atoms with Gasteiger partial charge in [0.05, 0.1) is 27.7 Å². The van der Waals surface area contributed by atoms with E-state index in [0.29, 0.717) is 6.61 Å². The van der Waals surface area contributed by atoms with Crippen LogP contribution >= 0.6 is 0 Å². The van der Waals surface area contributed by atoms with Gasteiger partial charge in [-0.1, -0.05) is 30.3 Å². The minimum absolute atomic E-state index is 0.567. The Morgan fingerprint density at radius 2 is 1.73 bits per heavy atom. The van der Waals surface area contributed by atoms with E-state index in [9.17, 15) is 0 Å². The zero-order chi connectivity index (χ0) is 15.6. The largest absolute Gasteiger partial charge is 0.493 e. The second kappa shape index (κ2) is 6.01. The Morgan fingerprint density at radius 1 is 1.00 bits per heavy atom. The van der Waals surface area contributed by atoms with Gasteiger partial charge in [-0.2, -0.15) is 0 Å². The molecule has 1 aliphatic heterocycles. The van der Waals surface area contributed by atoms with E-state index in [1.165, 1.54) is 16.7 Å². The fourth-order valence-corrected chi connectivity index (χ4v) is 3.00. The number of hydrogen-bond acceptors (Lipinski definition) is 2. The molecule has 0 saturated heterocycles. The third-order valence-corrected chi connectivity index (χ3v) is 4.31. The Hall–Kier alpha value is -2.00. The van der Waals surface area contributed by atoms with Crippen LogP contribution in [0.3, 0.4) is 0 Å². The van der Waals surface area contributed by atoms with Crippen molar-refractivity contribution < 1.29 is 14.0 Å². The third-order valence-electron chi connectivity index (χ3n) is 4.31. The molecule has 0 radical (unpaired) electrons. The first-order valence-corrected chi connectivity index (χ1v) is 7.76. The van der Waals surface area contributed by atoms with Crippen LogP contribution in [0.5, 0.6) is 11.5 Å². The van der Waals surface area contributed by atoms with Gasteiger partial charge in [-0.3, -0.25) is 0 Å². The van der Waals surface area contributed by atoms with Crippen molar-refractivity contribution in [1.82, 2.24) is 0 Å². The van der Waals surface area contributed by atoms with Gasteiger partial charge in [-0.05, 0) is 23.3 Å². The molecule has 0 N–H and O–H groups in total. The van der Waals surface area contributed by atoms with E-state index in [4.69, 9.17) is 9.47 Å².